The number of aromatic nitrogens is 3. The Hall–Kier alpha value is -2.02. The van der Waals surface area contributed by atoms with E-state index in [1.807, 2.05) is 0 Å². The smallest absolute Gasteiger partial charge is 0.166 e. The second kappa shape index (κ2) is 8.15. The molecule has 166 valence electrons. The predicted octanol–water partition coefficient (Wildman–Crippen LogP) is 5.68. The van der Waals surface area contributed by atoms with Gasteiger partial charge >= 0.3 is 0 Å². The van der Waals surface area contributed by atoms with Gasteiger partial charge in [0.25, 0.3) is 0 Å². The molecule has 2 aromatic heterocycles. The lowest BCUT2D eigenvalue weighted by Gasteiger charge is -2.26. The van der Waals surface area contributed by atoms with E-state index >= 15 is 0 Å². The molecule has 0 aliphatic heterocycles. The Labute approximate surface area is 186 Å². The zero-order chi connectivity index (χ0) is 22.3. The Kier molecular flexibility index (Phi) is 5.83. The van der Waals surface area contributed by atoms with E-state index in [0.29, 0.717) is 0 Å². The standard InChI is InChI=1S/C25H35N3O2Si/c1-19-9-11-20(12-10-19)25(13-14-25)23-27-26-22-21(8-7-15-28(22)23)24(2,3)30-18-29-16-17-31(4,5)6/h7-12,15H,13-14,16-18H2,1-6H3. The molecule has 1 saturated carbocycles. The van der Waals surface area contributed by atoms with Crippen molar-refractivity contribution in [2.24, 2.45) is 0 Å². The first-order chi connectivity index (χ1) is 14.6. The Balaban J connectivity index is 1.55. The van der Waals surface area contributed by atoms with Crippen LogP contribution < -0.4 is 0 Å². The summed E-state index contributed by atoms with van der Waals surface area (Å²) in [6.45, 7) is 14.4. The minimum atomic E-state index is -1.10. The third kappa shape index (κ3) is 4.61. The van der Waals surface area contributed by atoms with Crippen molar-refractivity contribution in [3.05, 3.63) is 65.1 Å². The monoisotopic (exact) mass is 437 g/mol. The fourth-order valence-corrected chi connectivity index (χ4v) is 4.81. The average molecular weight is 438 g/mol. The second-order valence-corrected chi connectivity index (χ2v) is 16.2. The van der Waals surface area contributed by atoms with Crippen LogP contribution in [0.5, 0.6) is 0 Å². The Bertz CT molecular complexity index is 1050. The number of hydrogen-bond donors (Lipinski definition) is 0. The maximum atomic E-state index is 6.16. The van der Waals surface area contributed by atoms with Crippen molar-refractivity contribution in [2.45, 2.75) is 70.3 Å². The highest BCUT2D eigenvalue weighted by molar-refractivity contribution is 6.76. The van der Waals surface area contributed by atoms with Gasteiger partial charge in [0.1, 0.15) is 12.6 Å². The highest BCUT2D eigenvalue weighted by atomic mass is 28.3. The van der Waals surface area contributed by atoms with Crippen LogP contribution in [0.15, 0.2) is 42.6 Å². The van der Waals surface area contributed by atoms with Gasteiger partial charge in [0.05, 0.1) is 11.0 Å². The molecule has 0 amide bonds. The minimum absolute atomic E-state index is 0.0311. The van der Waals surface area contributed by atoms with Crippen LogP contribution in [0.25, 0.3) is 5.65 Å². The molecular weight excluding hydrogens is 402 g/mol. The number of fused-ring (bicyclic) bond motifs is 1. The van der Waals surface area contributed by atoms with Gasteiger partial charge in [-0.15, -0.1) is 10.2 Å². The molecule has 1 fully saturated rings. The van der Waals surface area contributed by atoms with Crippen LogP contribution in [0.2, 0.25) is 25.7 Å². The number of rotatable bonds is 9. The summed E-state index contributed by atoms with van der Waals surface area (Å²) in [5.41, 5.74) is 3.94. The normalized spacial score (nSPS) is 16.1. The number of aryl methyl sites for hydroxylation is 1. The van der Waals surface area contributed by atoms with Crippen molar-refractivity contribution in [3.63, 3.8) is 0 Å². The molecule has 5 nitrogen and oxygen atoms in total. The molecule has 0 saturated heterocycles. The van der Waals surface area contributed by atoms with Crippen molar-refractivity contribution in [1.29, 1.82) is 0 Å². The molecule has 0 N–H and O–H groups in total. The first kappa shape index (κ1) is 22.2. The average Bonchev–Trinajstić information content (AvgIpc) is 3.38. The van der Waals surface area contributed by atoms with Crippen molar-refractivity contribution in [2.75, 3.05) is 13.4 Å². The molecule has 1 aliphatic rings. The van der Waals surface area contributed by atoms with Gasteiger partial charge in [-0.3, -0.25) is 4.40 Å². The summed E-state index contributed by atoms with van der Waals surface area (Å²) in [4.78, 5) is 0. The van der Waals surface area contributed by atoms with E-state index in [0.717, 1.165) is 42.5 Å². The summed E-state index contributed by atoms with van der Waals surface area (Å²) >= 11 is 0. The van der Waals surface area contributed by atoms with Gasteiger partial charge in [-0.1, -0.05) is 55.5 Å². The summed E-state index contributed by atoms with van der Waals surface area (Å²) < 4.78 is 14.1. The van der Waals surface area contributed by atoms with Crippen LogP contribution in [0.4, 0.5) is 0 Å². The fourth-order valence-electron chi connectivity index (χ4n) is 4.06. The number of hydrogen-bond acceptors (Lipinski definition) is 4. The van der Waals surface area contributed by atoms with Gasteiger partial charge in [-0.2, -0.15) is 0 Å². The van der Waals surface area contributed by atoms with Crippen LogP contribution in [-0.2, 0) is 20.5 Å². The number of nitrogens with zero attached hydrogens (tertiary/aromatic N) is 3. The number of pyridine rings is 1. The quantitative estimate of drug-likeness (QED) is 0.245. The molecule has 0 unspecified atom stereocenters. The maximum Gasteiger partial charge on any atom is 0.166 e. The summed E-state index contributed by atoms with van der Waals surface area (Å²) in [7, 11) is -1.10. The van der Waals surface area contributed by atoms with Crippen molar-refractivity contribution < 1.29 is 9.47 Å². The molecule has 6 heteroatoms. The first-order valence-corrected chi connectivity index (χ1v) is 15.0. The molecule has 0 radical (unpaired) electrons. The maximum absolute atomic E-state index is 6.16. The molecular formula is C25H35N3O2Si. The molecule has 4 rings (SSSR count). The van der Waals surface area contributed by atoms with Gasteiger partial charge in [0, 0.05) is 26.4 Å². The molecule has 0 spiro atoms. The third-order valence-electron chi connectivity index (χ3n) is 6.37. The van der Waals surface area contributed by atoms with Gasteiger partial charge in [0.15, 0.2) is 5.65 Å². The molecule has 0 atom stereocenters. The SMILES string of the molecule is Cc1ccc(C2(c3nnc4c(C(C)(C)OCOCC[Si](C)(C)C)cccn34)CC2)cc1. The van der Waals surface area contributed by atoms with E-state index in [2.05, 4.69) is 97.6 Å². The van der Waals surface area contributed by atoms with Crippen LogP contribution >= 0.6 is 0 Å². The zero-order valence-corrected chi connectivity index (χ0v) is 20.7. The second-order valence-electron chi connectivity index (χ2n) is 10.6. The highest BCUT2D eigenvalue weighted by Crippen LogP contribution is 2.52. The topological polar surface area (TPSA) is 48.7 Å². The molecule has 2 heterocycles. The Morgan fingerprint density at radius 1 is 1.06 bits per heavy atom. The van der Waals surface area contributed by atoms with E-state index < -0.39 is 13.7 Å². The van der Waals surface area contributed by atoms with Crippen molar-refractivity contribution in [1.82, 2.24) is 14.6 Å². The minimum Gasteiger partial charge on any atom is -0.356 e. The third-order valence-corrected chi connectivity index (χ3v) is 8.07. The molecule has 1 aliphatic carbocycles. The van der Waals surface area contributed by atoms with Gasteiger partial charge in [-0.25, -0.2) is 0 Å². The van der Waals surface area contributed by atoms with E-state index in [1.54, 1.807) is 0 Å². The Morgan fingerprint density at radius 2 is 1.77 bits per heavy atom. The van der Waals surface area contributed by atoms with Gasteiger partial charge in [0.2, 0.25) is 0 Å². The lowest BCUT2D eigenvalue weighted by atomic mass is 9.94. The predicted molar refractivity (Wildman–Crippen MR) is 127 cm³/mol. The summed E-state index contributed by atoms with van der Waals surface area (Å²) in [5.74, 6) is 1.02. The largest absolute Gasteiger partial charge is 0.356 e. The lowest BCUT2D eigenvalue weighted by molar-refractivity contribution is -0.128. The van der Waals surface area contributed by atoms with E-state index in [-0.39, 0.29) is 12.2 Å². The van der Waals surface area contributed by atoms with Gasteiger partial charge < -0.3 is 9.47 Å². The summed E-state index contributed by atoms with van der Waals surface area (Å²) in [6.07, 6.45) is 4.28. The molecule has 0 bridgehead atoms. The number of ether oxygens (including phenoxy) is 2. The van der Waals surface area contributed by atoms with Gasteiger partial charge in [-0.05, 0) is 51.3 Å². The van der Waals surface area contributed by atoms with Crippen LogP contribution in [-0.4, -0.2) is 36.1 Å². The van der Waals surface area contributed by atoms with Crippen LogP contribution in [0, 0.1) is 6.92 Å². The zero-order valence-electron chi connectivity index (χ0n) is 19.7. The molecule has 1 aromatic carbocycles. The van der Waals surface area contributed by atoms with Crippen molar-refractivity contribution in [3.8, 4) is 0 Å². The van der Waals surface area contributed by atoms with E-state index in [9.17, 15) is 0 Å². The van der Waals surface area contributed by atoms with E-state index in [4.69, 9.17) is 9.47 Å². The Morgan fingerprint density at radius 3 is 2.42 bits per heavy atom. The van der Waals surface area contributed by atoms with Crippen LogP contribution in [0.3, 0.4) is 0 Å². The lowest BCUT2D eigenvalue weighted by Crippen LogP contribution is -2.26. The summed E-state index contributed by atoms with van der Waals surface area (Å²) in [5, 5.41) is 9.28. The first-order valence-electron chi connectivity index (χ1n) is 11.3. The summed E-state index contributed by atoms with van der Waals surface area (Å²) in [6, 6.07) is 14.1. The number of benzene rings is 1. The van der Waals surface area contributed by atoms with Crippen molar-refractivity contribution >= 4 is 13.7 Å². The fraction of sp³-hybridized carbons (Fsp3) is 0.520. The highest BCUT2D eigenvalue weighted by Gasteiger charge is 2.49. The molecule has 31 heavy (non-hydrogen) atoms. The van der Waals surface area contributed by atoms with E-state index in [1.165, 1.54) is 11.1 Å². The molecule has 3 aromatic rings. The van der Waals surface area contributed by atoms with Crippen LogP contribution in [0.1, 0.15) is 49.2 Å².